The van der Waals surface area contributed by atoms with Gasteiger partial charge in [0.15, 0.2) is 0 Å². The number of carbonyl (C=O) groups is 2. The lowest BCUT2D eigenvalue weighted by molar-refractivity contribution is -0.148. The molecule has 8 nitrogen and oxygen atoms in total. The summed E-state index contributed by atoms with van der Waals surface area (Å²) in [5, 5.41) is 9.91. The standard InChI is InChI=1S/C18H19N5O3/c24-15(8-14-4-1-2-5-19-14)22-9-13-10-23(17-20-6-3-7-21-17)12-18(13,11-22)16(25)26/h1-7,13H,8-12H2,(H,25,26)/t13-,18-/m0/s1. The Labute approximate surface area is 150 Å². The highest BCUT2D eigenvalue weighted by atomic mass is 16.4. The molecule has 0 bridgehead atoms. The quantitative estimate of drug-likeness (QED) is 0.852. The molecule has 0 saturated carbocycles. The van der Waals surface area contributed by atoms with Crippen LogP contribution in [0.5, 0.6) is 0 Å². The van der Waals surface area contributed by atoms with Crippen LogP contribution in [0.25, 0.3) is 0 Å². The van der Waals surface area contributed by atoms with Crippen molar-refractivity contribution in [2.45, 2.75) is 6.42 Å². The molecule has 2 saturated heterocycles. The first-order valence-electron chi connectivity index (χ1n) is 8.51. The highest BCUT2D eigenvalue weighted by Gasteiger charge is 2.59. The Morgan fingerprint density at radius 1 is 1.08 bits per heavy atom. The van der Waals surface area contributed by atoms with Crippen molar-refractivity contribution >= 4 is 17.8 Å². The molecule has 2 fully saturated rings. The summed E-state index contributed by atoms with van der Waals surface area (Å²) in [6.45, 7) is 1.48. The Kier molecular flexibility index (Phi) is 4.02. The van der Waals surface area contributed by atoms with E-state index in [9.17, 15) is 14.7 Å². The number of hydrogen-bond donors (Lipinski definition) is 1. The number of amides is 1. The van der Waals surface area contributed by atoms with Crippen molar-refractivity contribution in [2.75, 3.05) is 31.1 Å². The molecule has 0 unspecified atom stereocenters. The first kappa shape index (κ1) is 16.4. The van der Waals surface area contributed by atoms with Crippen molar-refractivity contribution in [2.24, 2.45) is 11.3 Å². The van der Waals surface area contributed by atoms with Gasteiger partial charge in [-0.25, -0.2) is 9.97 Å². The number of carboxylic acids is 1. The second kappa shape index (κ2) is 6.36. The van der Waals surface area contributed by atoms with Gasteiger partial charge < -0.3 is 14.9 Å². The van der Waals surface area contributed by atoms with E-state index >= 15 is 0 Å². The average Bonchev–Trinajstić information content (AvgIpc) is 3.19. The van der Waals surface area contributed by atoms with Crippen LogP contribution in [0.15, 0.2) is 42.9 Å². The van der Waals surface area contributed by atoms with E-state index in [2.05, 4.69) is 15.0 Å². The van der Waals surface area contributed by atoms with Crippen LogP contribution in [0, 0.1) is 11.3 Å². The molecule has 0 aliphatic carbocycles. The molecule has 2 aromatic heterocycles. The molecule has 0 spiro atoms. The van der Waals surface area contributed by atoms with Gasteiger partial charge in [0.25, 0.3) is 0 Å². The van der Waals surface area contributed by atoms with Crippen LogP contribution in [0.2, 0.25) is 0 Å². The van der Waals surface area contributed by atoms with Crippen molar-refractivity contribution in [3.05, 3.63) is 48.5 Å². The van der Waals surface area contributed by atoms with E-state index in [0.717, 1.165) is 0 Å². The topological polar surface area (TPSA) is 99.5 Å². The van der Waals surface area contributed by atoms with Gasteiger partial charge in [0.1, 0.15) is 5.41 Å². The number of hydrogen-bond acceptors (Lipinski definition) is 6. The van der Waals surface area contributed by atoms with Gasteiger partial charge in [-0.05, 0) is 18.2 Å². The molecule has 8 heteroatoms. The predicted molar refractivity (Wildman–Crippen MR) is 92.3 cm³/mol. The summed E-state index contributed by atoms with van der Waals surface area (Å²) < 4.78 is 0. The number of aliphatic carboxylic acids is 1. The Balaban J connectivity index is 1.50. The zero-order chi connectivity index (χ0) is 18.1. The van der Waals surface area contributed by atoms with Crippen molar-refractivity contribution in [1.82, 2.24) is 19.9 Å². The molecule has 26 heavy (non-hydrogen) atoms. The summed E-state index contributed by atoms with van der Waals surface area (Å²) >= 11 is 0. The largest absolute Gasteiger partial charge is 0.481 e. The Hall–Kier alpha value is -3.03. The van der Waals surface area contributed by atoms with Crippen LogP contribution < -0.4 is 4.90 Å². The number of carbonyl (C=O) groups excluding carboxylic acids is 1. The summed E-state index contributed by atoms with van der Waals surface area (Å²) in [6, 6.07) is 7.17. The Morgan fingerprint density at radius 3 is 2.50 bits per heavy atom. The van der Waals surface area contributed by atoms with Gasteiger partial charge in [-0.3, -0.25) is 14.6 Å². The first-order chi connectivity index (χ1) is 12.6. The monoisotopic (exact) mass is 353 g/mol. The molecule has 0 aromatic carbocycles. The fourth-order valence-corrected chi connectivity index (χ4v) is 3.93. The predicted octanol–water partition coefficient (Wildman–Crippen LogP) is 0.464. The van der Waals surface area contributed by atoms with E-state index in [-0.39, 0.29) is 24.8 Å². The lowest BCUT2D eigenvalue weighted by Crippen LogP contribution is -2.42. The zero-order valence-electron chi connectivity index (χ0n) is 14.2. The molecule has 2 aliphatic rings. The van der Waals surface area contributed by atoms with Gasteiger partial charge in [0.2, 0.25) is 11.9 Å². The molecular weight excluding hydrogens is 334 g/mol. The van der Waals surface area contributed by atoms with Crippen LogP contribution in [0.4, 0.5) is 5.95 Å². The minimum absolute atomic E-state index is 0.0822. The number of nitrogens with zero attached hydrogens (tertiary/aromatic N) is 5. The van der Waals surface area contributed by atoms with E-state index in [1.54, 1.807) is 41.7 Å². The molecule has 134 valence electrons. The van der Waals surface area contributed by atoms with Gasteiger partial charge in [0, 0.05) is 56.4 Å². The van der Waals surface area contributed by atoms with Crippen molar-refractivity contribution in [3.63, 3.8) is 0 Å². The van der Waals surface area contributed by atoms with Crippen LogP contribution in [-0.2, 0) is 16.0 Å². The number of rotatable bonds is 4. The van der Waals surface area contributed by atoms with Gasteiger partial charge in [0.05, 0.1) is 6.42 Å². The number of aromatic nitrogens is 3. The van der Waals surface area contributed by atoms with Gasteiger partial charge in [-0.2, -0.15) is 0 Å². The third-order valence-corrected chi connectivity index (χ3v) is 5.28. The third-order valence-electron chi connectivity index (χ3n) is 5.28. The van der Waals surface area contributed by atoms with E-state index in [1.807, 2.05) is 11.0 Å². The number of carboxylic acid groups (broad SMARTS) is 1. The van der Waals surface area contributed by atoms with Crippen LogP contribution in [0.3, 0.4) is 0 Å². The molecule has 4 rings (SSSR count). The molecular formula is C18H19N5O3. The highest BCUT2D eigenvalue weighted by molar-refractivity contribution is 5.83. The fourth-order valence-electron chi connectivity index (χ4n) is 3.93. The molecule has 2 aromatic rings. The smallest absolute Gasteiger partial charge is 0.313 e. The summed E-state index contributed by atoms with van der Waals surface area (Å²) in [5.41, 5.74) is -0.280. The van der Waals surface area contributed by atoms with Crippen molar-refractivity contribution in [3.8, 4) is 0 Å². The molecule has 4 heterocycles. The highest BCUT2D eigenvalue weighted by Crippen LogP contribution is 2.43. The van der Waals surface area contributed by atoms with Crippen LogP contribution in [0.1, 0.15) is 5.69 Å². The molecule has 1 N–H and O–H groups in total. The lowest BCUT2D eigenvalue weighted by atomic mass is 9.81. The average molecular weight is 353 g/mol. The van der Waals surface area contributed by atoms with Crippen molar-refractivity contribution < 1.29 is 14.7 Å². The van der Waals surface area contributed by atoms with E-state index in [0.29, 0.717) is 31.3 Å². The third kappa shape index (κ3) is 2.77. The summed E-state index contributed by atoms with van der Waals surface area (Å²) in [7, 11) is 0. The summed E-state index contributed by atoms with van der Waals surface area (Å²) in [6.07, 6.45) is 5.13. The maximum absolute atomic E-state index is 12.6. The Bertz CT molecular complexity index is 816. The SMILES string of the molecule is O=C(Cc1ccccn1)N1C[C@H]2CN(c3ncccn3)C[C@@]2(C(=O)O)C1. The number of likely N-dealkylation sites (tertiary alicyclic amines) is 1. The van der Waals surface area contributed by atoms with Crippen LogP contribution in [-0.4, -0.2) is 63.0 Å². The molecule has 0 radical (unpaired) electrons. The van der Waals surface area contributed by atoms with E-state index in [4.69, 9.17) is 0 Å². The second-order valence-corrected chi connectivity index (χ2v) is 6.86. The molecule has 1 amide bonds. The maximum Gasteiger partial charge on any atom is 0.313 e. The van der Waals surface area contributed by atoms with Crippen LogP contribution >= 0.6 is 0 Å². The molecule has 2 atom stereocenters. The van der Waals surface area contributed by atoms with E-state index in [1.165, 1.54) is 0 Å². The summed E-state index contributed by atoms with van der Waals surface area (Å²) in [4.78, 5) is 40.9. The second-order valence-electron chi connectivity index (χ2n) is 6.86. The first-order valence-corrected chi connectivity index (χ1v) is 8.51. The Morgan fingerprint density at radius 2 is 1.85 bits per heavy atom. The summed E-state index contributed by atoms with van der Waals surface area (Å²) in [5.74, 6) is -0.555. The van der Waals surface area contributed by atoms with Gasteiger partial charge >= 0.3 is 5.97 Å². The minimum Gasteiger partial charge on any atom is -0.481 e. The molecule has 2 aliphatic heterocycles. The minimum atomic E-state index is -0.973. The lowest BCUT2D eigenvalue weighted by Gasteiger charge is -2.25. The fraction of sp³-hybridized carbons (Fsp3) is 0.389. The normalized spacial score (nSPS) is 24.5. The van der Waals surface area contributed by atoms with Crippen molar-refractivity contribution in [1.29, 1.82) is 0 Å². The zero-order valence-corrected chi connectivity index (χ0v) is 14.2. The number of pyridine rings is 1. The van der Waals surface area contributed by atoms with Gasteiger partial charge in [-0.15, -0.1) is 0 Å². The number of anilines is 1. The number of fused-ring (bicyclic) bond motifs is 1. The maximum atomic E-state index is 12.6. The van der Waals surface area contributed by atoms with Gasteiger partial charge in [-0.1, -0.05) is 6.07 Å². The van der Waals surface area contributed by atoms with E-state index < -0.39 is 11.4 Å².